The lowest BCUT2D eigenvalue weighted by Gasteiger charge is -2.23. The maximum Gasteiger partial charge on any atom is 0.150 e. The van der Waals surface area contributed by atoms with E-state index in [1.165, 1.54) is 44.1 Å². The zero-order valence-corrected chi connectivity index (χ0v) is 10.7. The zero-order chi connectivity index (χ0) is 12.1. The molecule has 1 aliphatic carbocycles. The minimum Gasteiger partial charge on any atom is -0.298 e. The fourth-order valence-corrected chi connectivity index (χ4v) is 3.10. The normalized spacial score (nSPS) is 19.6. The minimum atomic E-state index is 0.523. The van der Waals surface area contributed by atoms with E-state index in [1.807, 2.05) is 12.1 Å². The van der Waals surface area contributed by atoms with Crippen molar-refractivity contribution in [3.05, 3.63) is 35.4 Å². The summed E-state index contributed by atoms with van der Waals surface area (Å²) in [6.07, 6.45) is 9.15. The molecule has 2 rings (SSSR count). The van der Waals surface area contributed by atoms with Crippen LogP contribution in [0.3, 0.4) is 0 Å². The van der Waals surface area contributed by atoms with Gasteiger partial charge in [-0.2, -0.15) is 0 Å². The van der Waals surface area contributed by atoms with Gasteiger partial charge in [-0.25, -0.2) is 0 Å². The number of benzene rings is 1. The standard InChI is InChI=1S/C16H22O/c1-13(14-8-4-2-3-5-9-14)16-11-7-6-10-15(16)12-17/h6-7,10-14H,2-5,8-9H2,1H3. The van der Waals surface area contributed by atoms with E-state index in [1.54, 1.807) is 0 Å². The van der Waals surface area contributed by atoms with Gasteiger partial charge in [0.25, 0.3) is 0 Å². The summed E-state index contributed by atoms with van der Waals surface area (Å²) < 4.78 is 0. The third-order valence-corrected chi connectivity index (χ3v) is 4.22. The first-order chi connectivity index (χ1) is 8.33. The quantitative estimate of drug-likeness (QED) is 0.549. The van der Waals surface area contributed by atoms with E-state index in [4.69, 9.17) is 0 Å². The summed E-state index contributed by atoms with van der Waals surface area (Å²) in [5.41, 5.74) is 2.12. The van der Waals surface area contributed by atoms with Gasteiger partial charge in [-0.1, -0.05) is 56.9 Å². The molecule has 1 heteroatoms. The Morgan fingerprint density at radius 3 is 2.41 bits per heavy atom. The molecule has 0 aromatic heterocycles. The topological polar surface area (TPSA) is 17.1 Å². The van der Waals surface area contributed by atoms with Crippen molar-refractivity contribution in [1.29, 1.82) is 0 Å². The molecule has 0 spiro atoms. The van der Waals surface area contributed by atoms with Crippen LogP contribution in [0.25, 0.3) is 0 Å². The molecule has 1 unspecified atom stereocenters. The summed E-state index contributed by atoms with van der Waals surface area (Å²) in [5.74, 6) is 1.29. The average molecular weight is 230 g/mol. The second-order valence-electron chi connectivity index (χ2n) is 5.29. The third kappa shape index (κ3) is 2.96. The third-order valence-electron chi connectivity index (χ3n) is 4.22. The highest BCUT2D eigenvalue weighted by atomic mass is 16.1. The van der Waals surface area contributed by atoms with Gasteiger partial charge in [-0.05, 0) is 30.2 Å². The van der Waals surface area contributed by atoms with Crippen LogP contribution in [0.1, 0.15) is 67.3 Å². The molecule has 1 nitrogen and oxygen atoms in total. The summed E-state index contributed by atoms with van der Waals surface area (Å²) in [6.45, 7) is 2.29. The molecule has 92 valence electrons. The Bertz CT molecular complexity index is 362. The summed E-state index contributed by atoms with van der Waals surface area (Å²) in [4.78, 5) is 11.1. The van der Waals surface area contributed by atoms with Gasteiger partial charge in [0.1, 0.15) is 6.29 Å². The van der Waals surface area contributed by atoms with Crippen molar-refractivity contribution in [2.75, 3.05) is 0 Å². The lowest BCUT2D eigenvalue weighted by atomic mass is 9.81. The average Bonchev–Trinajstić information content (AvgIpc) is 2.66. The van der Waals surface area contributed by atoms with Crippen molar-refractivity contribution in [3.8, 4) is 0 Å². The SMILES string of the molecule is CC(c1ccccc1C=O)C1CCCCCC1. The van der Waals surface area contributed by atoms with Crippen LogP contribution in [0, 0.1) is 5.92 Å². The molecule has 0 amide bonds. The van der Waals surface area contributed by atoms with Crippen molar-refractivity contribution in [2.24, 2.45) is 5.92 Å². The Kier molecular flexibility index (Phi) is 4.36. The monoisotopic (exact) mass is 230 g/mol. The molecule has 1 aromatic rings. The number of carbonyl (C=O) groups excluding carboxylic acids is 1. The predicted molar refractivity (Wildman–Crippen MR) is 71.4 cm³/mol. The largest absolute Gasteiger partial charge is 0.298 e. The molecule has 0 saturated heterocycles. The number of rotatable bonds is 3. The second-order valence-corrected chi connectivity index (χ2v) is 5.29. The Labute approximate surface area is 104 Å². The fraction of sp³-hybridized carbons (Fsp3) is 0.562. The van der Waals surface area contributed by atoms with E-state index in [2.05, 4.69) is 19.1 Å². The van der Waals surface area contributed by atoms with Gasteiger partial charge in [0.2, 0.25) is 0 Å². The Balaban J connectivity index is 2.16. The first kappa shape index (κ1) is 12.3. The van der Waals surface area contributed by atoms with Crippen molar-refractivity contribution in [2.45, 2.75) is 51.4 Å². The van der Waals surface area contributed by atoms with E-state index in [-0.39, 0.29) is 0 Å². The number of aldehydes is 1. The van der Waals surface area contributed by atoms with Crippen LogP contribution in [0.2, 0.25) is 0 Å². The van der Waals surface area contributed by atoms with E-state index in [9.17, 15) is 4.79 Å². The van der Waals surface area contributed by atoms with E-state index < -0.39 is 0 Å². The van der Waals surface area contributed by atoms with Crippen LogP contribution in [-0.4, -0.2) is 6.29 Å². The van der Waals surface area contributed by atoms with Crippen molar-refractivity contribution in [1.82, 2.24) is 0 Å². The fourth-order valence-electron chi connectivity index (χ4n) is 3.10. The molecule has 0 heterocycles. The summed E-state index contributed by atoms with van der Waals surface area (Å²) in [7, 11) is 0. The Morgan fingerprint density at radius 2 is 1.76 bits per heavy atom. The van der Waals surface area contributed by atoms with Crippen molar-refractivity contribution < 1.29 is 4.79 Å². The molecule has 0 bridgehead atoms. The maximum absolute atomic E-state index is 11.1. The van der Waals surface area contributed by atoms with E-state index in [0.29, 0.717) is 5.92 Å². The molecule has 0 N–H and O–H groups in total. The van der Waals surface area contributed by atoms with Crippen molar-refractivity contribution in [3.63, 3.8) is 0 Å². The van der Waals surface area contributed by atoms with Crippen LogP contribution in [0.4, 0.5) is 0 Å². The number of hydrogen-bond acceptors (Lipinski definition) is 1. The highest BCUT2D eigenvalue weighted by Gasteiger charge is 2.21. The molecule has 1 aliphatic rings. The summed E-state index contributed by atoms with van der Waals surface area (Å²) in [5, 5.41) is 0. The first-order valence-electron chi connectivity index (χ1n) is 6.87. The molecule has 1 saturated carbocycles. The molecular formula is C16H22O. The second kappa shape index (κ2) is 6.00. The van der Waals surface area contributed by atoms with Crippen LogP contribution in [-0.2, 0) is 0 Å². The lowest BCUT2D eigenvalue weighted by molar-refractivity contribution is 0.112. The van der Waals surface area contributed by atoms with Crippen LogP contribution < -0.4 is 0 Å². The van der Waals surface area contributed by atoms with Crippen molar-refractivity contribution >= 4 is 6.29 Å². The molecule has 17 heavy (non-hydrogen) atoms. The molecule has 1 aromatic carbocycles. The van der Waals surface area contributed by atoms with Gasteiger partial charge in [-0.15, -0.1) is 0 Å². The van der Waals surface area contributed by atoms with Crippen LogP contribution in [0.5, 0.6) is 0 Å². The Morgan fingerprint density at radius 1 is 1.12 bits per heavy atom. The van der Waals surface area contributed by atoms with Gasteiger partial charge in [0, 0.05) is 5.56 Å². The van der Waals surface area contributed by atoms with E-state index in [0.717, 1.165) is 17.8 Å². The van der Waals surface area contributed by atoms with Gasteiger partial charge in [0.05, 0.1) is 0 Å². The van der Waals surface area contributed by atoms with Gasteiger partial charge in [-0.3, -0.25) is 4.79 Å². The molecule has 0 radical (unpaired) electrons. The molecule has 1 atom stereocenters. The maximum atomic E-state index is 11.1. The smallest absolute Gasteiger partial charge is 0.150 e. The minimum absolute atomic E-state index is 0.523. The van der Waals surface area contributed by atoms with Crippen LogP contribution in [0.15, 0.2) is 24.3 Å². The van der Waals surface area contributed by atoms with Gasteiger partial charge >= 0.3 is 0 Å². The highest BCUT2D eigenvalue weighted by molar-refractivity contribution is 5.77. The first-order valence-corrected chi connectivity index (χ1v) is 6.87. The van der Waals surface area contributed by atoms with Gasteiger partial charge < -0.3 is 0 Å². The van der Waals surface area contributed by atoms with Gasteiger partial charge in [0.15, 0.2) is 0 Å². The molecule has 1 fully saturated rings. The molecule has 0 aliphatic heterocycles. The summed E-state index contributed by atoms with van der Waals surface area (Å²) in [6, 6.07) is 8.07. The predicted octanol–water partition coefficient (Wildman–Crippen LogP) is 4.57. The van der Waals surface area contributed by atoms with E-state index >= 15 is 0 Å². The lowest BCUT2D eigenvalue weighted by Crippen LogP contribution is -2.11. The number of carbonyl (C=O) groups is 1. The highest BCUT2D eigenvalue weighted by Crippen LogP contribution is 2.35. The summed E-state index contributed by atoms with van der Waals surface area (Å²) >= 11 is 0. The number of hydrogen-bond donors (Lipinski definition) is 0. The Hall–Kier alpha value is -1.11. The zero-order valence-electron chi connectivity index (χ0n) is 10.7. The van der Waals surface area contributed by atoms with Crippen LogP contribution >= 0.6 is 0 Å². The molecular weight excluding hydrogens is 208 g/mol.